The molecule has 1 fully saturated rings. The molecule has 1 aromatic rings. The number of hydrogen-bond acceptors (Lipinski definition) is 4. The molecule has 1 atom stereocenters. The lowest BCUT2D eigenvalue weighted by Crippen LogP contribution is -2.47. The molecule has 4 heteroatoms. The number of para-hydroxylation sites is 2. The van der Waals surface area contributed by atoms with Crippen molar-refractivity contribution in [2.24, 2.45) is 0 Å². The van der Waals surface area contributed by atoms with Crippen LogP contribution >= 0.6 is 0 Å². The third-order valence-corrected chi connectivity index (χ3v) is 3.57. The van der Waals surface area contributed by atoms with Crippen LogP contribution in [-0.2, 0) is 0 Å². The summed E-state index contributed by atoms with van der Waals surface area (Å²) >= 11 is 0. The molecule has 1 aromatic carbocycles. The van der Waals surface area contributed by atoms with Crippen molar-refractivity contribution in [3.05, 3.63) is 24.3 Å². The van der Waals surface area contributed by atoms with Gasteiger partial charge in [0.2, 0.25) is 0 Å². The Morgan fingerprint density at radius 3 is 2.60 bits per heavy atom. The van der Waals surface area contributed by atoms with Crippen molar-refractivity contribution in [3.8, 4) is 11.5 Å². The zero-order valence-electron chi connectivity index (χ0n) is 12.5. The molecule has 1 unspecified atom stereocenters. The molecule has 1 aliphatic rings. The fourth-order valence-electron chi connectivity index (χ4n) is 2.64. The zero-order valence-corrected chi connectivity index (χ0v) is 12.5. The van der Waals surface area contributed by atoms with Gasteiger partial charge in [-0.25, -0.2) is 0 Å². The molecular formula is C16H25NO3. The largest absolute Gasteiger partial charge is 0.490 e. The van der Waals surface area contributed by atoms with Gasteiger partial charge in [0, 0.05) is 13.1 Å². The molecule has 0 aromatic heterocycles. The first-order valence-electron chi connectivity index (χ1n) is 7.40. The SMILES string of the molecule is CCOc1ccccc1OCCN1CCCC(C)(O)C1. The summed E-state index contributed by atoms with van der Waals surface area (Å²) in [5.41, 5.74) is -0.554. The minimum atomic E-state index is -0.554. The normalized spacial score (nSPS) is 23.6. The molecule has 0 spiro atoms. The molecule has 0 aliphatic carbocycles. The van der Waals surface area contributed by atoms with Gasteiger partial charge in [0.15, 0.2) is 11.5 Å². The van der Waals surface area contributed by atoms with Crippen LogP contribution < -0.4 is 9.47 Å². The fourth-order valence-corrected chi connectivity index (χ4v) is 2.64. The third-order valence-electron chi connectivity index (χ3n) is 3.57. The molecule has 2 rings (SSSR count). The van der Waals surface area contributed by atoms with Crippen LogP contribution in [0.5, 0.6) is 11.5 Å². The maximum Gasteiger partial charge on any atom is 0.161 e. The van der Waals surface area contributed by atoms with E-state index in [1.165, 1.54) is 0 Å². The van der Waals surface area contributed by atoms with Gasteiger partial charge in [-0.05, 0) is 45.4 Å². The highest BCUT2D eigenvalue weighted by Crippen LogP contribution is 2.26. The highest BCUT2D eigenvalue weighted by molar-refractivity contribution is 5.39. The minimum absolute atomic E-state index is 0.554. The molecule has 0 saturated carbocycles. The third kappa shape index (κ3) is 4.39. The summed E-state index contributed by atoms with van der Waals surface area (Å²) in [6, 6.07) is 7.74. The first-order valence-corrected chi connectivity index (χ1v) is 7.40. The van der Waals surface area contributed by atoms with Gasteiger partial charge in [0.25, 0.3) is 0 Å². The molecule has 0 bridgehead atoms. The number of β-amino-alcohol motifs (C(OH)–C–C–N with tert-alkyl or cyclic N) is 1. The molecule has 1 aliphatic heterocycles. The molecule has 0 radical (unpaired) electrons. The van der Waals surface area contributed by atoms with E-state index in [2.05, 4.69) is 4.90 Å². The van der Waals surface area contributed by atoms with Crippen molar-refractivity contribution in [1.29, 1.82) is 0 Å². The quantitative estimate of drug-likeness (QED) is 0.867. The van der Waals surface area contributed by atoms with Crippen LogP contribution in [0.3, 0.4) is 0 Å². The monoisotopic (exact) mass is 279 g/mol. The predicted molar refractivity (Wildman–Crippen MR) is 79.4 cm³/mol. The van der Waals surface area contributed by atoms with Crippen molar-refractivity contribution < 1.29 is 14.6 Å². The van der Waals surface area contributed by atoms with Crippen molar-refractivity contribution in [2.75, 3.05) is 32.8 Å². The van der Waals surface area contributed by atoms with E-state index in [0.717, 1.165) is 44.0 Å². The van der Waals surface area contributed by atoms with E-state index in [-0.39, 0.29) is 0 Å². The Morgan fingerprint density at radius 2 is 1.95 bits per heavy atom. The lowest BCUT2D eigenvalue weighted by Gasteiger charge is -2.36. The summed E-state index contributed by atoms with van der Waals surface area (Å²) in [5, 5.41) is 10.1. The average molecular weight is 279 g/mol. The maximum absolute atomic E-state index is 10.1. The Labute approximate surface area is 121 Å². The molecule has 1 heterocycles. The summed E-state index contributed by atoms with van der Waals surface area (Å²) in [4.78, 5) is 2.26. The zero-order chi connectivity index (χ0) is 14.4. The number of benzene rings is 1. The van der Waals surface area contributed by atoms with Gasteiger partial charge >= 0.3 is 0 Å². The van der Waals surface area contributed by atoms with Crippen LogP contribution in [0.15, 0.2) is 24.3 Å². The average Bonchev–Trinajstić information content (AvgIpc) is 2.40. The van der Waals surface area contributed by atoms with E-state index in [1.807, 2.05) is 38.1 Å². The summed E-state index contributed by atoms with van der Waals surface area (Å²) in [6.45, 7) is 7.71. The summed E-state index contributed by atoms with van der Waals surface area (Å²) in [6.07, 6.45) is 1.93. The van der Waals surface area contributed by atoms with Crippen LogP contribution in [-0.4, -0.2) is 48.5 Å². The van der Waals surface area contributed by atoms with Crippen molar-refractivity contribution in [1.82, 2.24) is 4.90 Å². The Balaban J connectivity index is 1.81. The first-order chi connectivity index (χ1) is 9.61. The molecule has 1 N–H and O–H groups in total. The Bertz CT molecular complexity index is 420. The number of nitrogens with zero attached hydrogens (tertiary/aromatic N) is 1. The van der Waals surface area contributed by atoms with Gasteiger partial charge in [-0.2, -0.15) is 0 Å². The highest BCUT2D eigenvalue weighted by Gasteiger charge is 2.27. The van der Waals surface area contributed by atoms with Gasteiger partial charge in [0.1, 0.15) is 6.61 Å². The lowest BCUT2D eigenvalue weighted by molar-refractivity contribution is -0.0184. The molecular weight excluding hydrogens is 254 g/mol. The van der Waals surface area contributed by atoms with Crippen LogP contribution in [0.2, 0.25) is 0 Å². The van der Waals surface area contributed by atoms with Crippen molar-refractivity contribution in [2.45, 2.75) is 32.3 Å². The van der Waals surface area contributed by atoms with E-state index in [0.29, 0.717) is 13.2 Å². The molecule has 112 valence electrons. The number of rotatable bonds is 6. The number of likely N-dealkylation sites (tertiary alicyclic amines) is 1. The number of hydrogen-bond donors (Lipinski definition) is 1. The second kappa shape index (κ2) is 6.95. The van der Waals surface area contributed by atoms with E-state index in [9.17, 15) is 5.11 Å². The molecule has 20 heavy (non-hydrogen) atoms. The molecule has 0 amide bonds. The Morgan fingerprint density at radius 1 is 1.25 bits per heavy atom. The molecule has 4 nitrogen and oxygen atoms in total. The Hall–Kier alpha value is -1.26. The van der Waals surface area contributed by atoms with Crippen LogP contribution in [0.1, 0.15) is 26.7 Å². The van der Waals surface area contributed by atoms with Gasteiger partial charge in [0.05, 0.1) is 12.2 Å². The predicted octanol–water partition coefficient (Wildman–Crippen LogP) is 2.31. The Kier molecular flexibility index (Phi) is 5.26. The highest BCUT2D eigenvalue weighted by atomic mass is 16.5. The standard InChI is InChI=1S/C16H25NO3/c1-3-19-14-7-4-5-8-15(14)20-12-11-17-10-6-9-16(2,18)13-17/h4-5,7-8,18H,3,6,9-13H2,1-2H3. The topological polar surface area (TPSA) is 41.9 Å². The van der Waals surface area contributed by atoms with Crippen molar-refractivity contribution in [3.63, 3.8) is 0 Å². The van der Waals surface area contributed by atoms with Crippen LogP contribution in [0.25, 0.3) is 0 Å². The van der Waals surface area contributed by atoms with E-state index in [4.69, 9.17) is 9.47 Å². The molecule has 1 saturated heterocycles. The van der Waals surface area contributed by atoms with Gasteiger partial charge < -0.3 is 14.6 Å². The minimum Gasteiger partial charge on any atom is -0.490 e. The lowest BCUT2D eigenvalue weighted by atomic mass is 9.95. The number of ether oxygens (including phenoxy) is 2. The number of piperidine rings is 1. The van der Waals surface area contributed by atoms with E-state index in [1.54, 1.807) is 0 Å². The first kappa shape index (κ1) is 15.1. The van der Waals surface area contributed by atoms with E-state index < -0.39 is 5.60 Å². The van der Waals surface area contributed by atoms with Crippen LogP contribution in [0.4, 0.5) is 0 Å². The smallest absolute Gasteiger partial charge is 0.161 e. The second-order valence-corrected chi connectivity index (χ2v) is 5.60. The number of aliphatic hydroxyl groups is 1. The van der Waals surface area contributed by atoms with Gasteiger partial charge in [-0.3, -0.25) is 4.90 Å². The summed E-state index contributed by atoms with van der Waals surface area (Å²) in [7, 11) is 0. The second-order valence-electron chi connectivity index (χ2n) is 5.60. The fraction of sp³-hybridized carbons (Fsp3) is 0.625. The summed E-state index contributed by atoms with van der Waals surface area (Å²) < 4.78 is 11.3. The van der Waals surface area contributed by atoms with Crippen molar-refractivity contribution >= 4 is 0 Å². The maximum atomic E-state index is 10.1. The van der Waals surface area contributed by atoms with Gasteiger partial charge in [-0.1, -0.05) is 12.1 Å². The van der Waals surface area contributed by atoms with E-state index >= 15 is 0 Å². The van der Waals surface area contributed by atoms with Crippen LogP contribution in [0, 0.1) is 0 Å². The van der Waals surface area contributed by atoms with Gasteiger partial charge in [-0.15, -0.1) is 0 Å². The summed E-state index contributed by atoms with van der Waals surface area (Å²) in [5.74, 6) is 1.58.